The first-order valence-corrected chi connectivity index (χ1v) is 3.85. The summed E-state index contributed by atoms with van der Waals surface area (Å²) in [7, 11) is 0. The van der Waals surface area contributed by atoms with E-state index in [1.165, 1.54) is 12.3 Å². The molecular weight excluding hydrogens is 154 g/mol. The minimum Gasteiger partial charge on any atom is -0.506 e. The molecule has 0 amide bonds. The summed E-state index contributed by atoms with van der Waals surface area (Å²) in [6, 6.07) is 1.50. The number of aromatic nitrogens is 1. The van der Waals surface area contributed by atoms with E-state index in [-0.39, 0.29) is 11.4 Å². The fourth-order valence-corrected chi connectivity index (χ4v) is 0.655. The van der Waals surface area contributed by atoms with Gasteiger partial charge in [0.2, 0.25) is 0 Å². The number of carbonyl (C=O) groups is 1. The summed E-state index contributed by atoms with van der Waals surface area (Å²) in [5.41, 5.74) is 0.925. The second-order valence-corrected chi connectivity index (χ2v) is 2.03. The number of pyridine rings is 1. The van der Waals surface area contributed by atoms with Gasteiger partial charge in [0.15, 0.2) is 6.29 Å². The lowest BCUT2D eigenvalue weighted by molar-refractivity contribution is 0.111. The van der Waals surface area contributed by atoms with E-state index in [1.807, 2.05) is 13.8 Å². The van der Waals surface area contributed by atoms with Crippen LogP contribution in [0.5, 0.6) is 5.75 Å². The quantitative estimate of drug-likeness (QED) is 0.650. The molecule has 1 rings (SSSR count). The van der Waals surface area contributed by atoms with E-state index in [9.17, 15) is 4.79 Å². The zero-order valence-corrected chi connectivity index (χ0v) is 7.53. The van der Waals surface area contributed by atoms with Crippen molar-refractivity contribution >= 4 is 6.29 Å². The number of aromatic hydroxyl groups is 1. The molecule has 0 atom stereocenters. The maximum Gasteiger partial charge on any atom is 0.172 e. The van der Waals surface area contributed by atoms with Crippen LogP contribution >= 0.6 is 0 Å². The molecule has 0 radical (unpaired) electrons. The highest BCUT2D eigenvalue weighted by molar-refractivity contribution is 5.75. The van der Waals surface area contributed by atoms with Gasteiger partial charge in [-0.25, -0.2) is 4.98 Å². The van der Waals surface area contributed by atoms with Crippen molar-refractivity contribution in [1.82, 2.24) is 4.98 Å². The standard InChI is InChI=1S/C7H7NO2.C2H6/c1-5-2-7(10)6(4-9)8-3-5;1-2/h2-4,10H,1H3;1-2H3. The number of hydrogen-bond donors (Lipinski definition) is 1. The second-order valence-electron chi connectivity index (χ2n) is 2.03. The summed E-state index contributed by atoms with van der Waals surface area (Å²) in [6.45, 7) is 5.79. The van der Waals surface area contributed by atoms with E-state index >= 15 is 0 Å². The molecule has 0 aromatic carbocycles. The van der Waals surface area contributed by atoms with Crippen molar-refractivity contribution < 1.29 is 9.90 Å². The summed E-state index contributed by atoms with van der Waals surface area (Å²) in [5.74, 6) is -0.0602. The highest BCUT2D eigenvalue weighted by Crippen LogP contribution is 2.12. The van der Waals surface area contributed by atoms with Gasteiger partial charge >= 0.3 is 0 Å². The Labute approximate surface area is 72.1 Å². The van der Waals surface area contributed by atoms with Crippen molar-refractivity contribution in [1.29, 1.82) is 0 Å². The Morgan fingerprint density at radius 2 is 2.08 bits per heavy atom. The molecule has 3 nitrogen and oxygen atoms in total. The van der Waals surface area contributed by atoms with Crippen LogP contribution in [-0.4, -0.2) is 16.4 Å². The molecule has 0 saturated carbocycles. The van der Waals surface area contributed by atoms with Crippen LogP contribution in [0.25, 0.3) is 0 Å². The number of aryl methyl sites for hydroxylation is 1. The molecule has 1 N–H and O–H groups in total. The average molecular weight is 167 g/mol. The van der Waals surface area contributed by atoms with Gasteiger partial charge < -0.3 is 5.11 Å². The predicted octanol–water partition coefficient (Wildman–Crippen LogP) is 1.93. The molecule has 1 aromatic heterocycles. The summed E-state index contributed by atoms with van der Waals surface area (Å²) >= 11 is 0. The molecule has 0 fully saturated rings. The Balaban J connectivity index is 0.000000561. The monoisotopic (exact) mass is 167 g/mol. The van der Waals surface area contributed by atoms with E-state index < -0.39 is 0 Å². The normalized spacial score (nSPS) is 8.25. The van der Waals surface area contributed by atoms with Crippen molar-refractivity contribution in [2.75, 3.05) is 0 Å². The Morgan fingerprint density at radius 3 is 2.50 bits per heavy atom. The summed E-state index contributed by atoms with van der Waals surface area (Å²) in [4.78, 5) is 13.8. The highest BCUT2D eigenvalue weighted by atomic mass is 16.3. The maximum absolute atomic E-state index is 10.1. The molecule has 0 aliphatic carbocycles. The molecule has 1 heterocycles. The van der Waals surface area contributed by atoms with Crippen LogP contribution in [0.4, 0.5) is 0 Å². The first-order valence-electron chi connectivity index (χ1n) is 3.85. The van der Waals surface area contributed by atoms with E-state index in [2.05, 4.69) is 4.98 Å². The Morgan fingerprint density at radius 1 is 1.50 bits per heavy atom. The van der Waals surface area contributed by atoms with Crippen molar-refractivity contribution in [2.24, 2.45) is 0 Å². The lowest BCUT2D eigenvalue weighted by Crippen LogP contribution is -1.87. The first kappa shape index (κ1) is 10.6. The van der Waals surface area contributed by atoms with Crippen LogP contribution in [0.2, 0.25) is 0 Å². The summed E-state index contributed by atoms with van der Waals surface area (Å²) in [5, 5.41) is 9.00. The molecular formula is C9H13NO2. The SMILES string of the molecule is CC.Cc1cnc(C=O)c(O)c1. The van der Waals surface area contributed by atoms with Crippen LogP contribution in [0, 0.1) is 6.92 Å². The third-order valence-electron chi connectivity index (χ3n) is 1.15. The Bertz CT molecular complexity index is 259. The van der Waals surface area contributed by atoms with Gasteiger partial charge in [-0.2, -0.15) is 0 Å². The maximum atomic E-state index is 10.1. The van der Waals surface area contributed by atoms with E-state index in [0.29, 0.717) is 6.29 Å². The van der Waals surface area contributed by atoms with Gasteiger partial charge in [0.25, 0.3) is 0 Å². The van der Waals surface area contributed by atoms with Crippen LogP contribution in [0.1, 0.15) is 29.9 Å². The fourth-order valence-electron chi connectivity index (χ4n) is 0.655. The fraction of sp³-hybridized carbons (Fsp3) is 0.333. The van der Waals surface area contributed by atoms with Crippen molar-refractivity contribution in [2.45, 2.75) is 20.8 Å². The van der Waals surface area contributed by atoms with E-state index in [1.54, 1.807) is 6.92 Å². The van der Waals surface area contributed by atoms with Gasteiger partial charge in [-0.3, -0.25) is 4.79 Å². The van der Waals surface area contributed by atoms with Crippen LogP contribution in [0.15, 0.2) is 12.3 Å². The minimum atomic E-state index is -0.0602. The smallest absolute Gasteiger partial charge is 0.172 e. The number of nitrogens with zero attached hydrogens (tertiary/aromatic N) is 1. The van der Waals surface area contributed by atoms with Gasteiger partial charge in [-0.05, 0) is 18.6 Å². The summed E-state index contributed by atoms with van der Waals surface area (Å²) < 4.78 is 0. The van der Waals surface area contributed by atoms with Gasteiger partial charge in [-0.15, -0.1) is 0 Å². The number of rotatable bonds is 1. The van der Waals surface area contributed by atoms with Gasteiger partial charge in [0, 0.05) is 6.20 Å². The van der Waals surface area contributed by atoms with Gasteiger partial charge in [0.05, 0.1) is 0 Å². The Hall–Kier alpha value is -1.38. The van der Waals surface area contributed by atoms with Crippen molar-refractivity contribution in [3.8, 4) is 5.75 Å². The Kier molecular flexibility index (Phi) is 4.69. The molecule has 0 saturated heterocycles. The molecule has 3 heteroatoms. The minimum absolute atomic E-state index is 0.0602. The predicted molar refractivity (Wildman–Crippen MR) is 47.4 cm³/mol. The summed E-state index contributed by atoms with van der Waals surface area (Å²) in [6.07, 6.45) is 2.05. The molecule has 1 aromatic rings. The largest absolute Gasteiger partial charge is 0.506 e. The lowest BCUT2D eigenvalue weighted by atomic mass is 10.2. The first-order chi connectivity index (χ1) is 5.74. The van der Waals surface area contributed by atoms with Crippen molar-refractivity contribution in [3.63, 3.8) is 0 Å². The molecule has 0 aliphatic heterocycles. The lowest BCUT2D eigenvalue weighted by Gasteiger charge is -1.95. The highest BCUT2D eigenvalue weighted by Gasteiger charge is 1.98. The molecule has 0 aliphatic rings. The topological polar surface area (TPSA) is 50.2 Å². The second kappa shape index (κ2) is 5.29. The van der Waals surface area contributed by atoms with Crippen LogP contribution in [-0.2, 0) is 0 Å². The average Bonchev–Trinajstić information content (AvgIpc) is 2.08. The van der Waals surface area contributed by atoms with E-state index in [4.69, 9.17) is 5.11 Å². The third kappa shape index (κ3) is 2.70. The zero-order chi connectivity index (χ0) is 9.56. The third-order valence-corrected chi connectivity index (χ3v) is 1.15. The molecule has 0 unspecified atom stereocenters. The van der Waals surface area contributed by atoms with Crippen LogP contribution in [0.3, 0.4) is 0 Å². The number of hydrogen-bond acceptors (Lipinski definition) is 3. The zero-order valence-electron chi connectivity index (χ0n) is 7.53. The number of carbonyl (C=O) groups excluding carboxylic acids is 1. The van der Waals surface area contributed by atoms with Crippen molar-refractivity contribution in [3.05, 3.63) is 23.5 Å². The van der Waals surface area contributed by atoms with Gasteiger partial charge in [-0.1, -0.05) is 13.8 Å². The molecule has 66 valence electrons. The number of aldehydes is 1. The molecule has 0 spiro atoms. The molecule has 12 heavy (non-hydrogen) atoms. The van der Waals surface area contributed by atoms with E-state index in [0.717, 1.165) is 5.56 Å². The molecule has 0 bridgehead atoms. The van der Waals surface area contributed by atoms with Crippen LogP contribution < -0.4 is 0 Å². The van der Waals surface area contributed by atoms with Gasteiger partial charge in [0.1, 0.15) is 11.4 Å².